The predicted molar refractivity (Wildman–Crippen MR) is 58.2 cm³/mol. The van der Waals surface area contributed by atoms with Crippen LogP contribution >= 0.6 is 0 Å². The number of nitrogens with zero attached hydrogens (tertiary/aromatic N) is 2. The van der Waals surface area contributed by atoms with Crippen LogP contribution < -0.4 is 5.73 Å². The van der Waals surface area contributed by atoms with Crippen LogP contribution in [0.15, 0.2) is 0 Å². The van der Waals surface area contributed by atoms with E-state index in [0.29, 0.717) is 12.5 Å². The number of hydrogen-bond acceptors (Lipinski definition) is 3. The van der Waals surface area contributed by atoms with Crippen molar-refractivity contribution >= 4 is 0 Å². The highest BCUT2D eigenvalue weighted by molar-refractivity contribution is 5.24. The summed E-state index contributed by atoms with van der Waals surface area (Å²) in [7, 11) is 0. The first-order valence-electron chi connectivity index (χ1n) is 5.05. The summed E-state index contributed by atoms with van der Waals surface area (Å²) in [6, 6.07) is 0. The molecule has 1 aromatic heterocycles. The molecule has 1 atom stereocenters. The van der Waals surface area contributed by atoms with E-state index in [1.54, 1.807) is 0 Å². The van der Waals surface area contributed by atoms with E-state index in [1.807, 2.05) is 20.8 Å². The molecule has 0 amide bonds. The molecule has 0 aromatic carbocycles. The summed E-state index contributed by atoms with van der Waals surface area (Å²) >= 11 is 0. The number of nitrogens with two attached hydrogens (primary N) is 1. The molecule has 0 spiro atoms. The smallest absolute Gasteiger partial charge is 0.125 e. The van der Waals surface area contributed by atoms with Gasteiger partial charge in [-0.1, -0.05) is 6.92 Å². The van der Waals surface area contributed by atoms with Gasteiger partial charge < -0.3 is 5.73 Å². The second kappa shape index (κ2) is 4.51. The topological polar surface area (TPSA) is 51.8 Å². The number of aromatic nitrogens is 2. The Morgan fingerprint density at radius 3 is 2.07 bits per heavy atom. The van der Waals surface area contributed by atoms with Gasteiger partial charge in [-0.25, -0.2) is 9.97 Å². The summed E-state index contributed by atoms with van der Waals surface area (Å²) in [6.07, 6.45) is 0.981. The molecule has 0 aliphatic carbocycles. The molecule has 3 nitrogen and oxygen atoms in total. The monoisotopic (exact) mass is 193 g/mol. The molecule has 1 heterocycles. The highest BCUT2D eigenvalue weighted by Gasteiger charge is 2.09. The van der Waals surface area contributed by atoms with E-state index in [2.05, 4.69) is 16.9 Å². The number of hydrogen-bond donors (Lipinski definition) is 1. The maximum atomic E-state index is 5.61. The number of rotatable bonds is 3. The Morgan fingerprint density at radius 1 is 1.14 bits per heavy atom. The van der Waals surface area contributed by atoms with Crippen molar-refractivity contribution in [3.8, 4) is 0 Å². The van der Waals surface area contributed by atoms with Crippen LogP contribution in [0.5, 0.6) is 0 Å². The first kappa shape index (κ1) is 11.1. The fourth-order valence-corrected chi connectivity index (χ4v) is 1.63. The molecule has 3 heteroatoms. The minimum Gasteiger partial charge on any atom is -0.330 e. The van der Waals surface area contributed by atoms with Crippen LogP contribution in [0, 0.1) is 26.7 Å². The molecule has 78 valence electrons. The van der Waals surface area contributed by atoms with Gasteiger partial charge in [-0.05, 0) is 45.2 Å². The molecule has 2 N–H and O–H groups in total. The second-order valence-corrected chi connectivity index (χ2v) is 3.97. The zero-order valence-corrected chi connectivity index (χ0v) is 9.46. The molecule has 0 aliphatic heterocycles. The van der Waals surface area contributed by atoms with Crippen molar-refractivity contribution in [3.05, 3.63) is 22.8 Å². The molecule has 1 rings (SSSR count). The van der Waals surface area contributed by atoms with E-state index >= 15 is 0 Å². The van der Waals surface area contributed by atoms with Gasteiger partial charge >= 0.3 is 0 Å². The Labute approximate surface area is 85.8 Å². The Morgan fingerprint density at radius 2 is 1.64 bits per heavy atom. The third-order valence-electron chi connectivity index (χ3n) is 2.49. The fourth-order valence-electron chi connectivity index (χ4n) is 1.63. The summed E-state index contributed by atoms with van der Waals surface area (Å²) in [5.74, 6) is 1.35. The fraction of sp³-hybridized carbons (Fsp3) is 0.636. The molecular formula is C11H19N3. The van der Waals surface area contributed by atoms with Crippen LogP contribution in [0.3, 0.4) is 0 Å². The van der Waals surface area contributed by atoms with Crippen molar-refractivity contribution in [3.63, 3.8) is 0 Å². The maximum Gasteiger partial charge on any atom is 0.125 e. The van der Waals surface area contributed by atoms with Crippen LogP contribution in [0.4, 0.5) is 0 Å². The second-order valence-electron chi connectivity index (χ2n) is 3.97. The Balaban J connectivity index is 2.96. The first-order valence-corrected chi connectivity index (χ1v) is 5.05. The lowest BCUT2D eigenvalue weighted by molar-refractivity contribution is 0.585. The van der Waals surface area contributed by atoms with Gasteiger partial charge in [0.15, 0.2) is 0 Å². The lowest BCUT2D eigenvalue weighted by Gasteiger charge is -2.13. The lowest BCUT2D eigenvalue weighted by atomic mass is 9.99. The SMILES string of the molecule is Cc1nc(C)c(CC(C)CN)c(C)n1. The van der Waals surface area contributed by atoms with Gasteiger partial charge in [-0.15, -0.1) is 0 Å². The summed E-state index contributed by atoms with van der Waals surface area (Å²) in [6.45, 7) is 8.88. The zero-order valence-electron chi connectivity index (χ0n) is 9.46. The van der Waals surface area contributed by atoms with Gasteiger partial charge in [0.05, 0.1) is 0 Å². The van der Waals surface area contributed by atoms with Crippen molar-refractivity contribution in [2.24, 2.45) is 11.7 Å². The van der Waals surface area contributed by atoms with Crippen molar-refractivity contribution in [1.29, 1.82) is 0 Å². The Kier molecular flexibility index (Phi) is 3.58. The Bertz CT molecular complexity index is 297. The van der Waals surface area contributed by atoms with E-state index in [-0.39, 0.29) is 0 Å². The zero-order chi connectivity index (χ0) is 10.7. The molecule has 14 heavy (non-hydrogen) atoms. The van der Waals surface area contributed by atoms with Gasteiger partial charge in [-0.3, -0.25) is 0 Å². The van der Waals surface area contributed by atoms with Crippen molar-refractivity contribution in [2.75, 3.05) is 6.54 Å². The molecule has 0 fully saturated rings. The van der Waals surface area contributed by atoms with Gasteiger partial charge in [0, 0.05) is 11.4 Å². The quantitative estimate of drug-likeness (QED) is 0.792. The summed E-state index contributed by atoms with van der Waals surface area (Å²) in [4.78, 5) is 8.74. The van der Waals surface area contributed by atoms with Crippen molar-refractivity contribution in [2.45, 2.75) is 34.1 Å². The molecule has 1 unspecified atom stereocenters. The molecule has 0 bridgehead atoms. The Hall–Kier alpha value is -0.960. The van der Waals surface area contributed by atoms with E-state index in [1.165, 1.54) is 5.56 Å². The first-order chi connectivity index (χ1) is 6.54. The third kappa shape index (κ3) is 2.51. The van der Waals surface area contributed by atoms with Crippen LogP contribution in [-0.2, 0) is 6.42 Å². The largest absolute Gasteiger partial charge is 0.330 e. The minimum absolute atomic E-state index is 0.499. The van der Waals surface area contributed by atoms with E-state index in [4.69, 9.17) is 5.73 Å². The summed E-state index contributed by atoms with van der Waals surface area (Å²) < 4.78 is 0. The van der Waals surface area contributed by atoms with Crippen molar-refractivity contribution in [1.82, 2.24) is 9.97 Å². The van der Waals surface area contributed by atoms with E-state index in [9.17, 15) is 0 Å². The summed E-state index contributed by atoms with van der Waals surface area (Å²) in [5, 5.41) is 0. The molecular weight excluding hydrogens is 174 g/mol. The maximum absolute atomic E-state index is 5.61. The van der Waals surface area contributed by atoms with Gasteiger partial charge in [0.2, 0.25) is 0 Å². The normalized spacial score (nSPS) is 12.9. The molecule has 0 radical (unpaired) electrons. The van der Waals surface area contributed by atoms with Crippen LogP contribution in [0.25, 0.3) is 0 Å². The highest BCUT2D eigenvalue weighted by Crippen LogP contribution is 2.14. The van der Waals surface area contributed by atoms with Crippen molar-refractivity contribution < 1.29 is 0 Å². The summed E-state index contributed by atoms with van der Waals surface area (Å²) in [5.41, 5.74) is 9.05. The van der Waals surface area contributed by atoms with Gasteiger partial charge in [-0.2, -0.15) is 0 Å². The molecule has 0 saturated carbocycles. The third-order valence-corrected chi connectivity index (χ3v) is 2.49. The lowest BCUT2D eigenvalue weighted by Crippen LogP contribution is -2.15. The molecule has 0 saturated heterocycles. The van der Waals surface area contributed by atoms with Crippen LogP contribution in [0.1, 0.15) is 29.7 Å². The van der Waals surface area contributed by atoms with Crippen LogP contribution in [-0.4, -0.2) is 16.5 Å². The highest BCUT2D eigenvalue weighted by atomic mass is 14.9. The predicted octanol–water partition coefficient (Wildman–Crippen LogP) is 1.54. The average molecular weight is 193 g/mol. The standard InChI is InChI=1S/C11H19N3/c1-7(6-12)5-11-8(2)13-10(4)14-9(11)3/h7H,5-6,12H2,1-4H3. The van der Waals surface area contributed by atoms with Gasteiger partial charge in [0.25, 0.3) is 0 Å². The van der Waals surface area contributed by atoms with Crippen LogP contribution in [0.2, 0.25) is 0 Å². The minimum atomic E-state index is 0.499. The van der Waals surface area contributed by atoms with Gasteiger partial charge in [0.1, 0.15) is 5.82 Å². The average Bonchev–Trinajstić information content (AvgIpc) is 2.10. The van der Waals surface area contributed by atoms with E-state index < -0.39 is 0 Å². The molecule has 1 aromatic rings. The molecule has 0 aliphatic rings. The van der Waals surface area contributed by atoms with E-state index in [0.717, 1.165) is 23.6 Å². The number of aryl methyl sites for hydroxylation is 3.